The molecule has 0 aliphatic heterocycles. The van der Waals surface area contributed by atoms with Crippen molar-refractivity contribution in [1.82, 2.24) is 0 Å². The highest BCUT2D eigenvalue weighted by Gasteiger charge is 2.20. The number of halogens is 2. The number of nitrogens with two attached hydrogens (primary N) is 1. The Morgan fingerprint density at radius 3 is 2.60 bits per heavy atom. The first-order valence-electron chi connectivity index (χ1n) is 6.53. The van der Waals surface area contributed by atoms with E-state index in [0.29, 0.717) is 0 Å². The lowest BCUT2D eigenvalue weighted by Gasteiger charge is -2.23. The Balaban J connectivity index is 2.29. The van der Waals surface area contributed by atoms with Crippen molar-refractivity contribution in [1.29, 1.82) is 0 Å². The molecule has 0 amide bonds. The molecule has 0 aliphatic rings. The molecule has 0 aliphatic carbocycles. The second kappa shape index (κ2) is 7.51. The summed E-state index contributed by atoms with van der Waals surface area (Å²) in [4.78, 5) is 1.20. The van der Waals surface area contributed by atoms with Crippen molar-refractivity contribution in [3.8, 4) is 0 Å². The minimum absolute atomic E-state index is 0.0949. The highest BCUT2D eigenvalue weighted by Crippen LogP contribution is 2.39. The van der Waals surface area contributed by atoms with Gasteiger partial charge in [-0.3, -0.25) is 0 Å². The lowest BCUT2D eigenvalue weighted by molar-refractivity contribution is 0.634. The number of hydrogen-bond acceptors (Lipinski definition) is 2. The molecular weight excluding hydrogens is 354 g/mol. The molecule has 0 fully saturated rings. The second-order valence-corrected chi connectivity index (χ2v) is 7.19. The average Bonchev–Trinajstić information content (AvgIpc) is 2.44. The molecule has 0 bridgehead atoms. The summed E-state index contributed by atoms with van der Waals surface area (Å²) in [7, 11) is 0. The molecule has 0 heterocycles. The highest BCUT2D eigenvalue weighted by atomic mass is 79.9. The summed E-state index contributed by atoms with van der Waals surface area (Å²) in [5.41, 5.74) is 7.49. The van der Waals surface area contributed by atoms with E-state index in [2.05, 4.69) is 41.1 Å². The molecule has 0 saturated carbocycles. The largest absolute Gasteiger partial charge is 0.326 e. The maximum atomic E-state index is 6.31. The van der Waals surface area contributed by atoms with Crippen molar-refractivity contribution in [2.45, 2.75) is 29.5 Å². The number of thioether (sulfide) groups is 1. The molecule has 0 radical (unpaired) electrons. The summed E-state index contributed by atoms with van der Waals surface area (Å²) in [5, 5.41) is 0.957. The Hall–Kier alpha value is -0.480. The molecule has 0 spiro atoms. The molecular formula is C16H17BrClNS. The van der Waals surface area contributed by atoms with E-state index in [0.717, 1.165) is 15.9 Å². The first kappa shape index (κ1) is 15.9. The normalized spacial score (nSPS) is 14.0. The van der Waals surface area contributed by atoms with Crippen molar-refractivity contribution in [2.75, 3.05) is 0 Å². The first-order valence-corrected chi connectivity index (χ1v) is 8.58. The zero-order valence-corrected chi connectivity index (χ0v) is 14.4. The highest BCUT2D eigenvalue weighted by molar-refractivity contribution is 9.10. The fraction of sp³-hybridized carbons (Fsp3) is 0.250. The predicted molar refractivity (Wildman–Crippen MR) is 92.5 cm³/mol. The third-order valence-electron chi connectivity index (χ3n) is 3.10. The van der Waals surface area contributed by atoms with Gasteiger partial charge >= 0.3 is 0 Å². The SMILES string of the molecule is CCC(N)C(Sc1cccc(Br)c1)c1cccc(Cl)c1. The molecule has 106 valence electrons. The van der Waals surface area contributed by atoms with Crippen molar-refractivity contribution in [3.05, 3.63) is 63.6 Å². The molecule has 2 aromatic carbocycles. The van der Waals surface area contributed by atoms with Crippen molar-refractivity contribution in [2.24, 2.45) is 5.73 Å². The molecule has 0 saturated heterocycles. The van der Waals surface area contributed by atoms with Gasteiger partial charge in [0.1, 0.15) is 0 Å². The molecule has 20 heavy (non-hydrogen) atoms. The van der Waals surface area contributed by atoms with E-state index in [9.17, 15) is 0 Å². The predicted octanol–water partition coefficient (Wildman–Crippen LogP) is 5.67. The van der Waals surface area contributed by atoms with Crippen LogP contribution in [0.4, 0.5) is 0 Å². The summed E-state index contributed by atoms with van der Waals surface area (Å²) in [6, 6.07) is 16.4. The topological polar surface area (TPSA) is 26.0 Å². The van der Waals surface area contributed by atoms with Crippen LogP contribution in [-0.2, 0) is 0 Å². The van der Waals surface area contributed by atoms with Crippen LogP contribution >= 0.6 is 39.3 Å². The van der Waals surface area contributed by atoms with Crippen molar-refractivity contribution < 1.29 is 0 Å². The molecule has 0 aromatic heterocycles. The molecule has 2 aromatic rings. The first-order chi connectivity index (χ1) is 9.60. The van der Waals surface area contributed by atoms with Gasteiger partial charge in [-0.25, -0.2) is 0 Å². The van der Waals surface area contributed by atoms with Gasteiger partial charge in [0.25, 0.3) is 0 Å². The summed E-state index contributed by atoms with van der Waals surface area (Å²) in [6.45, 7) is 2.11. The van der Waals surface area contributed by atoms with E-state index in [1.165, 1.54) is 10.5 Å². The lowest BCUT2D eigenvalue weighted by Crippen LogP contribution is -2.25. The number of benzene rings is 2. The molecule has 2 atom stereocenters. The summed E-state index contributed by atoms with van der Waals surface area (Å²) >= 11 is 11.4. The zero-order chi connectivity index (χ0) is 14.5. The zero-order valence-electron chi connectivity index (χ0n) is 11.2. The van der Waals surface area contributed by atoms with Crippen LogP contribution in [0.25, 0.3) is 0 Å². The Kier molecular flexibility index (Phi) is 5.97. The van der Waals surface area contributed by atoms with Crippen LogP contribution in [0.3, 0.4) is 0 Å². The third kappa shape index (κ3) is 4.26. The minimum Gasteiger partial charge on any atom is -0.326 e. The van der Waals surface area contributed by atoms with Crippen LogP contribution in [0, 0.1) is 0 Å². The average molecular weight is 371 g/mol. The Bertz CT molecular complexity index is 576. The fourth-order valence-corrected chi connectivity index (χ4v) is 4.03. The minimum atomic E-state index is 0.0949. The molecule has 4 heteroatoms. The quantitative estimate of drug-likeness (QED) is 0.686. The smallest absolute Gasteiger partial charge is 0.0495 e. The van der Waals surface area contributed by atoms with Crippen LogP contribution in [-0.4, -0.2) is 6.04 Å². The maximum Gasteiger partial charge on any atom is 0.0495 e. The third-order valence-corrected chi connectivity index (χ3v) is 5.23. The maximum absolute atomic E-state index is 6.31. The van der Waals surface area contributed by atoms with E-state index in [-0.39, 0.29) is 11.3 Å². The summed E-state index contributed by atoms with van der Waals surface area (Å²) in [5.74, 6) is 0. The summed E-state index contributed by atoms with van der Waals surface area (Å²) < 4.78 is 1.08. The Morgan fingerprint density at radius 2 is 1.95 bits per heavy atom. The van der Waals surface area contributed by atoms with Crippen LogP contribution in [0.15, 0.2) is 57.9 Å². The molecule has 2 unspecified atom stereocenters. The van der Waals surface area contributed by atoms with Gasteiger partial charge in [-0.05, 0) is 42.3 Å². The second-order valence-electron chi connectivity index (χ2n) is 4.62. The van der Waals surface area contributed by atoms with Gasteiger partial charge < -0.3 is 5.73 Å². The van der Waals surface area contributed by atoms with E-state index in [1.54, 1.807) is 11.8 Å². The molecule has 2 N–H and O–H groups in total. The van der Waals surface area contributed by atoms with Gasteiger partial charge in [0.05, 0.1) is 0 Å². The van der Waals surface area contributed by atoms with Gasteiger partial charge in [0, 0.05) is 25.7 Å². The van der Waals surface area contributed by atoms with Crippen LogP contribution in [0.5, 0.6) is 0 Å². The fourth-order valence-electron chi connectivity index (χ4n) is 1.99. The van der Waals surface area contributed by atoms with E-state index in [1.807, 2.05) is 30.3 Å². The summed E-state index contributed by atoms with van der Waals surface area (Å²) in [6.07, 6.45) is 0.929. The van der Waals surface area contributed by atoms with E-state index < -0.39 is 0 Å². The van der Waals surface area contributed by atoms with Gasteiger partial charge in [-0.1, -0.05) is 52.7 Å². The lowest BCUT2D eigenvalue weighted by atomic mass is 10.0. The number of rotatable bonds is 5. The molecule has 2 rings (SSSR count). The van der Waals surface area contributed by atoms with Crippen molar-refractivity contribution >= 4 is 39.3 Å². The van der Waals surface area contributed by atoms with E-state index >= 15 is 0 Å². The van der Waals surface area contributed by atoms with Gasteiger partial charge in [0.15, 0.2) is 0 Å². The van der Waals surface area contributed by atoms with Crippen LogP contribution in [0.1, 0.15) is 24.2 Å². The van der Waals surface area contributed by atoms with E-state index in [4.69, 9.17) is 17.3 Å². The molecule has 1 nitrogen and oxygen atoms in total. The number of hydrogen-bond donors (Lipinski definition) is 1. The standard InChI is InChI=1S/C16H17BrClNS/c1-2-15(19)16(11-5-3-7-13(18)9-11)20-14-8-4-6-12(17)10-14/h3-10,15-16H,2,19H2,1H3. The van der Waals surface area contributed by atoms with Gasteiger partial charge in [0.2, 0.25) is 0 Å². The van der Waals surface area contributed by atoms with Gasteiger partial charge in [-0.2, -0.15) is 0 Å². The Morgan fingerprint density at radius 1 is 1.20 bits per heavy atom. The monoisotopic (exact) mass is 369 g/mol. The van der Waals surface area contributed by atoms with Crippen LogP contribution < -0.4 is 5.73 Å². The van der Waals surface area contributed by atoms with Crippen molar-refractivity contribution in [3.63, 3.8) is 0 Å². The Labute approximate surface area is 138 Å². The van der Waals surface area contributed by atoms with Gasteiger partial charge in [-0.15, -0.1) is 11.8 Å². The van der Waals surface area contributed by atoms with Crippen LogP contribution in [0.2, 0.25) is 5.02 Å².